The largest absolute Gasteiger partial charge is 0.496 e. The fourth-order valence-corrected chi connectivity index (χ4v) is 2.24. The van der Waals surface area contributed by atoms with Gasteiger partial charge >= 0.3 is 0 Å². The van der Waals surface area contributed by atoms with Gasteiger partial charge in [-0.15, -0.1) is 11.3 Å². The molecule has 0 bridgehead atoms. The van der Waals surface area contributed by atoms with Crippen molar-refractivity contribution < 1.29 is 4.74 Å². The maximum Gasteiger partial charge on any atom is 0.195 e. The molecule has 2 aromatic rings. The average Bonchev–Trinajstić information content (AvgIpc) is 2.82. The Balaban J connectivity index is 2.01. The Kier molecular flexibility index (Phi) is 4.35. The predicted octanol–water partition coefficient (Wildman–Crippen LogP) is 2.39. The first-order chi connectivity index (χ1) is 9.19. The van der Waals surface area contributed by atoms with Crippen LogP contribution in [-0.4, -0.2) is 18.1 Å². The number of guanidine groups is 1. The molecular formula is C13H16N4OS. The number of aromatic nitrogens is 1. The molecular weight excluding hydrogens is 260 g/mol. The Labute approximate surface area is 116 Å². The first-order valence-electron chi connectivity index (χ1n) is 5.80. The molecule has 19 heavy (non-hydrogen) atoms. The third kappa shape index (κ3) is 3.69. The van der Waals surface area contributed by atoms with Gasteiger partial charge in [-0.05, 0) is 13.0 Å². The first kappa shape index (κ1) is 13.4. The maximum atomic E-state index is 5.82. The molecule has 0 aliphatic heterocycles. The quantitative estimate of drug-likeness (QED) is 0.664. The lowest BCUT2D eigenvalue weighted by atomic mass is 10.2. The van der Waals surface area contributed by atoms with Crippen LogP contribution in [-0.2, 0) is 6.54 Å². The van der Waals surface area contributed by atoms with Gasteiger partial charge in [-0.1, -0.05) is 18.2 Å². The Hall–Kier alpha value is -2.08. The van der Waals surface area contributed by atoms with E-state index in [1.54, 1.807) is 13.3 Å². The van der Waals surface area contributed by atoms with E-state index in [1.165, 1.54) is 11.3 Å². The smallest absolute Gasteiger partial charge is 0.195 e. The minimum absolute atomic E-state index is 0.347. The predicted molar refractivity (Wildman–Crippen MR) is 78.8 cm³/mol. The minimum Gasteiger partial charge on any atom is -0.496 e. The molecule has 6 heteroatoms. The van der Waals surface area contributed by atoms with E-state index in [1.807, 2.05) is 31.2 Å². The van der Waals surface area contributed by atoms with Crippen LogP contribution in [0.15, 0.2) is 35.5 Å². The molecule has 0 atom stereocenters. The molecule has 0 spiro atoms. The highest BCUT2D eigenvalue weighted by Gasteiger charge is 2.02. The van der Waals surface area contributed by atoms with Crippen molar-refractivity contribution in [3.8, 4) is 5.75 Å². The van der Waals surface area contributed by atoms with E-state index in [9.17, 15) is 0 Å². The molecule has 5 nitrogen and oxygen atoms in total. The van der Waals surface area contributed by atoms with Crippen LogP contribution < -0.4 is 15.8 Å². The van der Waals surface area contributed by atoms with Gasteiger partial charge in [0, 0.05) is 16.6 Å². The summed E-state index contributed by atoms with van der Waals surface area (Å²) in [6.07, 6.45) is 1.79. The number of aliphatic imine (C=N–C) groups is 1. The van der Waals surface area contributed by atoms with Crippen LogP contribution in [0, 0.1) is 6.92 Å². The molecule has 0 aliphatic carbocycles. The Morgan fingerprint density at radius 1 is 1.47 bits per heavy atom. The Bertz CT molecular complexity index is 580. The van der Waals surface area contributed by atoms with Crippen LogP contribution in [0.5, 0.6) is 5.75 Å². The summed E-state index contributed by atoms with van der Waals surface area (Å²) in [4.78, 5) is 9.57. The highest BCUT2D eigenvalue weighted by Crippen LogP contribution is 2.18. The third-order valence-electron chi connectivity index (χ3n) is 2.47. The molecule has 1 aromatic heterocycles. The molecule has 0 unspecified atom stereocenters. The average molecular weight is 276 g/mol. The van der Waals surface area contributed by atoms with Gasteiger partial charge in [0.05, 0.1) is 13.7 Å². The van der Waals surface area contributed by atoms with Crippen LogP contribution >= 0.6 is 11.3 Å². The second-order valence-corrected chi connectivity index (χ2v) is 5.15. The third-order valence-corrected chi connectivity index (χ3v) is 3.30. The molecule has 1 heterocycles. The van der Waals surface area contributed by atoms with Gasteiger partial charge < -0.3 is 15.8 Å². The van der Waals surface area contributed by atoms with Crippen LogP contribution in [0.2, 0.25) is 0 Å². The molecule has 1 aromatic carbocycles. The van der Waals surface area contributed by atoms with Crippen molar-refractivity contribution in [3.05, 3.63) is 40.9 Å². The normalized spacial score (nSPS) is 11.4. The van der Waals surface area contributed by atoms with E-state index in [4.69, 9.17) is 10.5 Å². The second kappa shape index (κ2) is 6.19. The van der Waals surface area contributed by atoms with Crippen molar-refractivity contribution in [1.29, 1.82) is 0 Å². The van der Waals surface area contributed by atoms with Gasteiger partial charge in [-0.3, -0.25) is 0 Å². The second-order valence-electron chi connectivity index (χ2n) is 3.91. The number of hydrogen-bond donors (Lipinski definition) is 2. The van der Waals surface area contributed by atoms with Gasteiger partial charge in [0.25, 0.3) is 0 Å². The summed E-state index contributed by atoms with van der Waals surface area (Å²) in [6, 6.07) is 7.73. The molecule has 0 amide bonds. The fourth-order valence-electron chi connectivity index (χ4n) is 1.57. The van der Waals surface area contributed by atoms with Crippen molar-refractivity contribution in [2.24, 2.45) is 10.7 Å². The Morgan fingerprint density at radius 3 is 2.95 bits per heavy atom. The van der Waals surface area contributed by atoms with E-state index >= 15 is 0 Å². The summed E-state index contributed by atoms with van der Waals surface area (Å²) in [5.41, 5.74) is 6.81. The van der Waals surface area contributed by atoms with Crippen molar-refractivity contribution in [3.63, 3.8) is 0 Å². The maximum absolute atomic E-state index is 5.82. The number of rotatable bonds is 4. The van der Waals surface area contributed by atoms with Crippen LogP contribution in [0.1, 0.15) is 10.4 Å². The topological polar surface area (TPSA) is 72.5 Å². The number of thiazole rings is 1. The number of nitrogens with one attached hydrogen (secondary N) is 1. The molecule has 2 rings (SSSR count). The molecule has 0 aliphatic rings. The summed E-state index contributed by atoms with van der Waals surface area (Å²) in [6.45, 7) is 2.46. The zero-order valence-electron chi connectivity index (χ0n) is 10.9. The van der Waals surface area contributed by atoms with Crippen LogP contribution in [0.3, 0.4) is 0 Å². The highest BCUT2D eigenvalue weighted by molar-refractivity contribution is 7.15. The number of aryl methyl sites for hydroxylation is 1. The lowest BCUT2D eigenvalue weighted by molar-refractivity contribution is 0.410. The molecule has 0 radical (unpaired) electrons. The van der Waals surface area contributed by atoms with Crippen molar-refractivity contribution in [1.82, 2.24) is 4.98 Å². The van der Waals surface area contributed by atoms with Crippen molar-refractivity contribution in [2.45, 2.75) is 13.5 Å². The summed E-state index contributed by atoms with van der Waals surface area (Å²) in [5, 5.41) is 3.71. The summed E-state index contributed by atoms with van der Waals surface area (Å²) in [7, 11) is 1.64. The SMILES string of the molecule is COc1ccccc1CN=C(N)Nc1ncc(C)s1. The van der Waals surface area contributed by atoms with Crippen molar-refractivity contribution >= 4 is 22.4 Å². The molecule has 0 saturated heterocycles. The highest BCUT2D eigenvalue weighted by atomic mass is 32.1. The van der Waals surface area contributed by atoms with Gasteiger partial charge in [0.1, 0.15) is 5.75 Å². The van der Waals surface area contributed by atoms with Crippen LogP contribution in [0.4, 0.5) is 5.13 Å². The van der Waals surface area contributed by atoms with Crippen molar-refractivity contribution in [2.75, 3.05) is 12.4 Å². The number of nitrogens with two attached hydrogens (primary N) is 1. The molecule has 100 valence electrons. The molecule has 3 N–H and O–H groups in total. The molecule has 0 fully saturated rings. The number of nitrogens with zero attached hydrogens (tertiary/aromatic N) is 2. The van der Waals surface area contributed by atoms with E-state index < -0.39 is 0 Å². The van der Waals surface area contributed by atoms with Gasteiger partial charge in [-0.2, -0.15) is 0 Å². The van der Waals surface area contributed by atoms with Gasteiger partial charge in [0.15, 0.2) is 11.1 Å². The zero-order chi connectivity index (χ0) is 13.7. The fraction of sp³-hybridized carbons (Fsp3) is 0.231. The van der Waals surface area contributed by atoms with Gasteiger partial charge in [0.2, 0.25) is 0 Å². The van der Waals surface area contributed by atoms with E-state index in [2.05, 4.69) is 15.3 Å². The number of hydrogen-bond acceptors (Lipinski definition) is 4. The zero-order valence-corrected chi connectivity index (χ0v) is 11.7. The summed E-state index contributed by atoms with van der Waals surface area (Å²) in [5.74, 6) is 1.16. The van der Waals surface area contributed by atoms with E-state index in [-0.39, 0.29) is 0 Å². The first-order valence-corrected chi connectivity index (χ1v) is 6.62. The minimum atomic E-state index is 0.347. The number of ether oxygens (including phenoxy) is 1. The molecule has 0 saturated carbocycles. The number of methoxy groups -OCH3 is 1. The monoisotopic (exact) mass is 276 g/mol. The van der Waals surface area contributed by atoms with Gasteiger partial charge in [-0.25, -0.2) is 9.98 Å². The number of benzene rings is 1. The summed E-state index contributed by atoms with van der Waals surface area (Å²) < 4.78 is 5.26. The number of anilines is 1. The number of para-hydroxylation sites is 1. The van der Waals surface area contributed by atoms with E-state index in [0.717, 1.165) is 21.3 Å². The van der Waals surface area contributed by atoms with E-state index in [0.29, 0.717) is 12.5 Å². The van der Waals surface area contributed by atoms with Crippen LogP contribution in [0.25, 0.3) is 0 Å². The Morgan fingerprint density at radius 2 is 2.26 bits per heavy atom. The lowest BCUT2D eigenvalue weighted by Crippen LogP contribution is -2.22. The lowest BCUT2D eigenvalue weighted by Gasteiger charge is -2.06. The summed E-state index contributed by atoms with van der Waals surface area (Å²) >= 11 is 1.54. The standard InChI is InChI=1S/C13H16N4OS/c1-9-7-16-13(19-9)17-12(14)15-8-10-5-3-4-6-11(10)18-2/h3-7H,8H2,1-2H3,(H3,14,15,16,17).